The van der Waals surface area contributed by atoms with Crippen molar-refractivity contribution in [3.63, 3.8) is 0 Å². The molecule has 4 aromatic carbocycles. The van der Waals surface area contributed by atoms with Gasteiger partial charge in [-0.2, -0.15) is 0 Å². The standard InChI is InChI=1S/C22H16P.C10H7.2ClH.Zr/c1-4-10-17(11-5-1)20-16-23-22(19-14-8-3-9-15-19)21(20)18-12-6-2-7-13-18;1-8-6-9-4-2-3-5-10(9)7-8;;;/h1-15,23H;2-6H,1H2;2*1H;/q;;;;+2/p-2. The van der Waals surface area contributed by atoms with Crippen molar-refractivity contribution in [3.8, 4) is 33.1 Å². The Morgan fingerprint density at radius 3 is 1.67 bits per heavy atom. The van der Waals surface area contributed by atoms with Crippen LogP contribution in [0.25, 0.3) is 42.5 Å². The Hall–Kier alpha value is -2.40. The number of fused-ring (bicyclic) bond motifs is 1. The van der Waals surface area contributed by atoms with E-state index in [2.05, 4.69) is 128 Å². The summed E-state index contributed by atoms with van der Waals surface area (Å²) in [5.41, 5.74) is 8.06. The Bertz CT molecular complexity index is 1620. The summed E-state index contributed by atoms with van der Waals surface area (Å²) >= 11 is -1.09. The molecule has 0 N–H and O–H groups in total. The molecule has 0 bridgehead atoms. The molecule has 1 unspecified atom stereocenters. The van der Waals surface area contributed by atoms with Gasteiger partial charge in [0.1, 0.15) is 0 Å². The number of benzene rings is 4. The number of rotatable bonds is 5. The minimum atomic E-state index is -1.09. The zero-order chi connectivity index (χ0) is 22.9. The van der Waals surface area contributed by atoms with E-state index in [9.17, 15) is 0 Å². The maximum Gasteiger partial charge on any atom is -1.00 e. The molecule has 1 aliphatic rings. The average Bonchev–Trinajstić information content (AvgIpc) is 3.43. The summed E-state index contributed by atoms with van der Waals surface area (Å²) in [6.45, 7) is 4.46. The van der Waals surface area contributed by atoms with E-state index in [-0.39, 0.29) is 24.8 Å². The van der Waals surface area contributed by atoms with Gasteiger partial charge in [0, 0.05) is 0 Å². The molecular formula is C32H23Cl2PZr. The first kappa shape index (κ1) is 26.7. The quantitative estimate of drug-likeness (QED) is 0.277. The fourth-order valence-corrected chi connectivity index (χ4v) is 11.3. The molecule has 0 spiro atoms. The second-order valence-corrected chi connectivity index (χ2v) is 14.0. The number of hydrogen-bond acceptors (Lipinski definition) is 0. The first-order chi connectivity index (χ1) is 16.8. The van der Waals surface area contributed by atoms with Gasteiger partial charge in [-0.05, 0) is 0 Å². The van der Waals surface area contributed by atoms with Crippen LogP contribution in [0, 0.1) is 0 Å². The van der Waals surface area contributed by atoms with Crippen molar-refractivity contribution in [3.05, 3.63) is 138 Å². The third-order valence-corrected chi connectivity index (χ3v) is 12.6. The molecule has 0 amide bonds. The molecule has 0 saturated carbocycles. The number of allylic oxidation sites excluding steroid dienone is 1. The van der Waals surface area contributed by atoms with Gasteiger partial charge in [-0.1, -0.05) is 0 Å². The topological polar surface area (TPSA) is 0 Å². The van der Waals surface area contributed by atoms with Crippen LogP contribution >= 0.6 is 8.19 Å². The van der Waals surface area contributed by atoms with E-state index in [1.165, 1.54) is 52.4 Å². The molecule has 5 aromatic rings. The Morgan fingerprint density at radius 2 is 1.06 bits per heavy atom. The molecule has 1 atom stereocenters. The summed E-state index contributed by atoms with van der Waals surface area (Å²) in [5, 5.41) is 4.20. The van der Waals surface area contributed by atoms with E-state index in [4.69, 9.17) is 0 Å². The van der Waals surface area contributed by atoms with Crippen LogP contribution in [-0.2, 0) is 23.2 Å². The van der Waals surface area contributed by atoms with Gasteiger partial charge in [-0.15, -0.1) is 0 Å². The molecule has 6 rings (SSSR count). The van der Waals surface area contributed by atoms with Crippen LogP contribution in [0.1, 0.15) is 0 Å². The van der Waals surface area contributed by atoms with Crippen LogP contribution in [0.3, 0.4) is 0 Å². The van der Waals surface area contributed by atoms with Gasteiger partial charge in [-0.3, -0.25) is 0 Å². The largest absolute Gasteiger partial charge is 1.00 e. The molecule has 0 saturated heterocycles. The molecule has 4 heteroatoms. The van der Waals surface area contributed by atoms with Crippen LogP contribution in [-0.4, -0.2) is 0 Å². The first-order valence-corrected chi connectivity index (χ1v) is 14.9. The molecule has 1 aromatic heterocycles. The minimum absolute atomic E-state index is 0. The Kier molecular flexibility index (Phi) is 8.71. The predicted octanol–water partition coefficient (Wildman–Crippen LogP) is 0.593. The van der Waals surface area contributed by atoms with Gasteiger partial charge in [0.2, 0.25) is 0 Å². The van der Waals surface area contributed by atoms with E-state index in [0.717, 1.165) is 0 Å². The summed E-state index contributed by atoms with van der Waals surface area (Å²) in [6, 6.07) is 41.8. The number of halogens is 2. The van der Waals surface area contributed by atoms with Crippen molar-refractivity contribution >= 4 is 20.6 Å². The van der Waals surface area contributed by atoms with Gasteiger partial charge in [0.05, 0.1) is 0 Å². The smallest absolute Gasteiger partial charge is 1.00 e. The van der Waals surface area contributed by atoms with Crippen molar-refractivity contribution < 1.29 is 48.0 Å². The normalized spacial score (nSPS) is 11.8. The molecule has 0 fully saturated rings. The van der Waals surface area contributed by atoms with E-state index >= 15 is 0 Å². The van der Waals surface area contributed by atoms with Crippen LogP contribution in [0.5, 0.6) is 0 Å². The van der Waals surface area contributed by atoms with Crippen molar-refractivity contribution in [2.75, 3.05) is 0 Å². The second-order valence-electron chi connectivity index (χ2n) is 8.48. The summed E-state index contributed by atoms with van der Waals surface area (Å²) in [7, 11) is 0.693. The molecule has 174 valence electrons. The maximum absolute atomic E-state index is 4.46. The van der Waals surface area contributed by atoms with Gasteiger partial charge >= 0.3 is 215 Å². The van der Waals surface area contributed by atoms with Crippen LogP contribution in [0.4, 0.5) is 0 Å². The van der Waals surface area contributed by atoms with Gasteiger partial charge in [-0.25, -0.2) is 0 Å². The molecule has 0 nitrogen and oxygen atoms in total. The Balaban J connectivity index is 0.00000152. The van der Waals surface area contributed by atoms with E-state index in [0.29, 0.717) is 8.19 Å². The molecule has 0 radical (unpaired) electrons. The monoisotopic (exact) mass is 598 g/mol. The number of hydrogen-bond donors (Lipinski definition) is 0. The molecule has 36 heavy (non-hydrogen) atoms. The summed E-state index contributed by atoms with van der Waals surface area (Å²) in [4.78, 5) is 0. The fraction of sp³-hybridized carbons (Fsp3) is 0. The average molecular weight is 601 g/mol. The van der Waals surface area contributed by atoms with Crippen LogP contribution in [0.2, 0.25) is 0 Å². The van der Waals surface area contributed by atoms with Crippen LogP contribution in [0.15, 0.2) is 127 Å². The molecule has 0 aliphatic heterocycles. The van der Waals surface area contributed by atoms with Crippen molar-refractivity contribution in [2.24, 2.45) is 0 Å². The minimum Gasteiger partial charge on any atom is -1.00 e. The first-order valence-electron chi connectivity index (χ1n) is 11.5. The van der Waals surface area contributed by atoms with Gasteiger partial charge in [0.15, 0.2) is 0 Å². The molecular weight excluding hydrogens is 577 g/mol. The van der Waals surface area contributed by atoms with Crippen molar-refractivity contribution in [1.82, 2.24) is 0 Å². The third kappa shape index (κ3) is 5.04. The zero-order valence-corrected chi connectivity index (χ0v) is 24.5. The van der Waals surface area contributed by atoms with Crippen molar-refractivity contribution in [2.45, 2.75) is 0 Å². The fourth-order valence-electron chi connectivity index (χ4n) is 4.76. The zero-order valence-electron chi connectivity index (χ0n) is 19.5. The SMILES string of the molecule is C=C1C=c2ccccc2=[C]1[Zr+2][c]1[pH]c(-c2ccccc2)c(-c2ccccc2)c1-c1ccccc1.[Cl-].[Cl-]. The Morgan fingerprint density at radius 1 is 0.556 bits per heavy atom. The third-order valence-electron chi connectivity index (χ3n) is 6.32. The van der Waals surface area contributed by atoms with E-state index < -0.39 is 23.2 Å². The Labute approximate surface area is 238 Å². The van der Waals surface area contributed by atoms with E-state index in [1.54, 1.807) is 3.00 Å². The predicted molar refractivity (Wildman–Crippen MR) is 145 cm³/mol. The summed E-state index contributed by atoms with van der Waals surface area (Å²) in [5.74, 6) is 0. The maximum atomic E-state index is 4.46. The van der Waals surface area contributed by atoms with Crippen LogP contribution < -0.4 is 38.3 Å². The summed E-state index contributed by atoms with van der Waals surface area (Å²) in [6.07, 6.45) is 2.27. The molecule has 1 aliphatic carbocycles. The van der Waals surface area contributed by atoms with Crippen molar-refractivity contribution in [1.29, 1.82) is 0 Å². The van der Waals surface area contributed by atoms with Gasteiger partial charge in [0.25, 0.3) is 0 Å². The van der Waals surface area contributed by atoms with Gasteiger partial charge < -0.3 is 24.8 Å². The summed E-state index contributed by atoms with van der Waals surface area (Å²) < 4.78 is 3.19. The van der Waals surface area contributed by atoms with E-state index in [1.807, 2.05) is 0 Å². The second kappa shape index (κ2) is 11.8. The molecule has 1 heterocycles.